The van der Waals surface area contributed by atoms with E-state index in [0.29, 0.717) is 23.7 Å². The highest BCUT2D eigenvalue weighted by molar-refractivity contribution is 14.1. The molecule has 160 valence electrons. The van der Waals surface area contributed by atoms with E-state index in [9.17, 15) is 14.9 Å². The summed E-state index contributed by atoms with van der Waals surface area (Å²) in [4.78, 5) is 22.5. The van der Waals surface area contributed by atoms with Crippen LogP contribution in [0.15, 0.2) is 66.7 Å². The van der Waals surface area contributed by atoms with Crippen molar-refractivity contribution in [3.8, 4) is 11.5 Å². The fourth-order valence-corrected chi connectivity index (χ4v) is 3.60. The van der Waals surface area contributed by atoms with Gasteiger partial charge in [-0.3, -0.25) is 14.9 Å². The summed E-state index contributed by atoms with van der Waals surface area (Å²) in [6.07, 6.45) is 0. The molecule has 3 aromatic rings. The molecule has 0 atom stereocenters. The lowest BCUT2D eigenvalue weighted by Crippen LogP contribution is -2.20. The number of carbonyl (C=O) groups is 1. The Labute approximate surface area is 192 Å². The summed E-state index contributed by atoms with van der Waals surface area (Å²) >= 11 is 2.13. The Morgan fingerprint density at radius 2 is 1.77 bits per heavy atom. The molecule has 3 aromatic carbocycles. The van der Waals surface area contributed by atoms with Crippen LogP contribution in [-0.2, 0) is 11.3 Å². The van der Waals surface area contributed by atoms with E-state index in [2.05, 4.69) is 33.2 Å². The molecule has 0 aliphatic rings. The first-order chi connectivity index (χ1) is 15.0. The molecular formula is C22H20IN3O5. The fraction of sp³-hybridized carbons (Fsp3) is 0.136. The maximum atomic E-state index is 12.2. The fourth-order valence-electron chi connectivity index (χ4n) is 2.78. The predicted octanol–water partition coefficient (Wildman–Crippen LogP) is 4.84. The molecule has 2 N–H and O–H groups in total. The summed E-state index contributed by atoms with van der Waals surface area (Å²) in [5.41, 5.74) is 2.43. The van der Waals surface area contributed by atoms with E-state index in [1.54, 1.807) is 24.3 Å². The van der Waals surface area contributed by atoms with Crippen LogP contribution in [0.2, 0.25) is 0 Å². The number of amides is 1. The molecule has 0 aliphatic heterocycles. The van der Waals surface area contributed by atoms with Crippen molar-refractivity contribution >= 4 is 45.6 Å². The Morgan fingerprint density at radius 3 is 2.42 bits per heavy atom. The Morgan fingerprint density at radius 1 is 1.06 bits per heavy atom. The van der Waals surface area contributed by atoms with Crippen LogP contribution in [0, 0.1) is 13.7 Å². The van der Waals surface area contributed by atoms with Gasteiger partial charge in [0.25, 0.3) is 11.6 Å². The molecule has 0 fully saturated rings. The highest BCUT2D eigenvalue weighted by Gasteiger charge is 2.14. The molecule has 8 nitrogen and oxygen atoms in total. The second-order valence-corrected chi connectivity index (χ2v) is 7.63. The van der Waals surface area contributed by atoms with Gasteiger partial charge < -0.3 is 20.1 Å². The molecule has 1 amide bonds. The monoisotopic (exact) mass is 533 g/mol. The highest BCUT2D eigenvalue weighted by atomic mass is 127. The number of methoxy groups -OCH3 is 1. The van der Waals surface area contributed by atoms with E-state index in [4.69, 9.17) is 9.47 Å². The average molecular weight is 533 g/mol. The Bertz CT molecular complexity index is 1060. The van der Waals surface area contributed by atoms with Crippen molar-refractivity contribution in [3.05, 3.63) is 86.0 Å². The Kier molecular flexibility index (Phi) is 7.65. The van der Waals surface area contributed by atoms with E-state index >= 15 is 0 Å². The normalized spacial score (nSPS) is 10.3. The van der Waals surface area contributed by atoms with Gasteiger partial charge in [-0.15, -0.1) is 0 Å². The van der Waals surface area contributed by atoms with Gasteiger partial charge in [-0.25, -0.2) is 0 Å². The third kappa shape index (κ3) is 6.32. The molecular weight excluding hydrogens is 513 g/mol. The third-order valence-corrected chi connectivity index (χ3v) is 5.07. The van der Waals surface area contributed by atoms with Gasteiger partial charge in [0, 0.05) is 30.1 Å². The van der Waals surface area contributed by atoms with Gasteiger partial charge in [0.1, 0.15) is 0 Å². The number of hydrogen-bond donors (Lipinski definition) is 2. The highest BCUT2D eigenvalue weighted by Crippen LogP contribution is 2.34. The third-order valence-electron chi connectivity index (χ3n) is 4.27. The Hall–Kier alpha value is -3.34. The van der Waals surface area contributed by atoms with Crippen LogP contribution in [0.4, 0.5) is 17.1 Å². The van der Waals surface area contributed by atoms with Gasteiger partial charge >= 0.3 is 0 Å². The minimum absolute atomic E-state index is 0.0413. The van der Waals surface area contributed by atoms with Crippen LogP contribution >= 0.6 is 22.6 Å². The number of anilines is 2. The van der Waals surface area contributed by atoms with Crippen LogP contribution in [0.25, 0.3) is 0 Å². The summed E-state index contributed by atoms with van der Waals surface area (Å²) in [6, 6.07) is 19.1. The number of benzene rings is 3. The number of para-hydroxylation sites is 1. The SMILES string of the molecule is COc1cc(CNc2ccc([N+](=O)[O-])cc2)cc(I)c1OCC(=O)Nc1ccccc1. The molecule has 0 aliphatic carbocycles. The summed E-state index contributed by atoms with van der Waals surface area (Å²) < 4.78 is 12.0. The molecule has 0 bridgehead atoms. The lowest BCUT2D eigenvalue weighted by atomic mass is 10.2. The van der Waals surface area contributed by atoms with Crippen molar-refractivity contribution in [2.75, 3.05) is 24.4 Å². The number of hydrogen-bond acceptors (Lipinski definition) is 6. The number of nitro benzene ring substituents is 1. The zero-order valence-electron chi connectivity index (χ0n) is 16.6. The number of rotatable bonds is 9. The van der Waals surface area contributed by atoms with Crippen LogP contribution in [0.1, 0.15) is 5.56 Å². The van der Waals surface area contributed by atoms with Gasteiger partial charge in [-0.05, 0) is 64.6 Å². The van der Waals surface area contributed by atoms with Crippen molar-refractivity contribution in [1.29, 1.82) is 0 Å². The van der Waals surface area contributed by atoms with Crippen molar-refractivity contribution in [2.45, 2.75) is 6.54 Å². The number of nitro groups is 1. The van der Waals surface area contributed by atoms with E-state index in [0.717, 1.165) is 14.8 Å². The molecule has 0 saturated heterocycles. The molecule has 0 radical (unpaired) electrons. The van der Waals surface area contributed by atoms with Crippen LogP contribution in [-0.4, -0.2) is 24.5 Å². The van der Waals surface area contributed by atoms with E-state index in [1.807, 2.05) is 30.3 Å². The van der Waals surface area contributed by atoms with E-state index in [1.165, 1.54) is 19.2 Å². The lowest BCUT2D eigenvalue weighted by Gasteiger charge is -2.15. The van der Waals surface area contributed by atoms with Crippen LogP contribution < -0.4 is 20.1 Å². The van der Waals surface area contributed by atoms with Crippen molar-refractivity contribution in [1.82, 2.24) is 0 Å². The maximum Gasteiger partial charge on any atom is 0.269 e. The second-order valence-electron chi connectivity index (χ2n) is 6.47. The molecule has 31 heavy (non-hydrogen) atoms. The second kappa shape index (κ2) is 10.6. The molecule has 0 spiro atoms. The number of halogens is 1. The largest absolute Gasteiger partial charge is 0.493 e. The summed E-state index contributed by atoms with van der Waals surface area (Å²) in [6.45, 7) is 0.334. The van der Waals surface area contributed by atoms with Crippen molar-refractivity contribution in [3.63, 3.8) is 0 Å². The quantitative estimate of drug-likeness (QED) is 0.232. The number of nitrogens with one attached hydrogen (secondary N) is 2. The maximum absolute atomic E-state index is 12.2. The summed E-state index contributed by atoms with van der Waals surface area (Å²) in [5, 5.41) is 16.7. The topological polar surface area (TPSA) is 103 Å². The van der Waals surface area contributed by atoms with Crippen molar-refractivity contribution < 1.29 is 19.2 Å². The Balaban J connectivity index is 1.62. The van der Waals surface area contributed by atoms with Gasteiger partial charge in [0.05, 0.1) is 15.6 Å². The summed E-state index contributed by atoms with van der Waals surface area (Å²) in [5.74, 6) is 0.735. The standard InChI is InChI=1S/C22H20IN3O5/c1-30-20-12-15(13-24-16-7-9-18(10-8-16)26(28)29)11-19(23)22(20)31-14-21(27)25-17-5-3-2-4-6-17/h2-12,24H,13-14H2,1H3,(H,25,27). The number of ether oxygens (including phenoxy) is 2. The van der Waals surface area contributed by atoms with Crippen molar-refractivity contribution in [2.24, 2.45) is 0 Å². The van der Waals surface area contributed by atoms with Gasteiger partial charge in [0.15, 0.2) is 18.1 Å². The predicted molar refractivity (Wildman–Crippen MR) is 127 cm³/mol. The lowest BCUT2D eigenvalue weighted by molar-refractivity contribution is -0.384. The summed E-state index contributed by atoms with van der Waals surface area (Å²) in [7, 11) is 1.54. The molecule has 0 heterocycles. The van der Waals surface area contributed by atoms with Gasteiger partial charge in [-0.2, -0.15) is 0 Å². The number of carbonyl (C=O) groups excluding carboxylic acids is 1. The molecule has 3 rings (SSSR count). The molecule has 0 unspecified atom stereocenters. The number of non-ortho nitro benzene ring substituents is 1. The first kappa shape index (κ1) is 22.3. The molecule has 0 saturated carbocycles. The molecule has 9 heteroatoms. The van der Waals surface area contributed by atoms with Gasteiger partial charge in [0.2, 0.25) is 0 Å². The minimum Gasteiger partial charge on any atom is -0.493 e. The zero-order valence-corrected chi connectivity index (χ0v) is 18.8. The van der Waals surface area contributed by atoms with Gasteiger partial charge in [-0.1, -0.05) is 18.2 Å². The van der Waals surface area contributed by atoms with E-state index < -0.39 is 4.92 Å². The van der Waals surface area contributed by atoms with E-state index in [-0.39, 0.29) is 18.2 Å². The zero-order chi connectivity index (χ0) is 22.2. The van der Waals surface area contributed by atoms with Crippen LogP contribution in [0.3, 0.4) is 0 Å². The molecule has 0 aromatic heterocycles. The minimum atomic E-state index is -0.435. The average Bonchev–Trinajstić information content (AvgIpc) is 2.77. The number of nitrogens with zero attached hydrogens (tertiary/aromatic N) is 1. The van der Waals surface area contributed by atoms with Crippen LogP contribution in [0.5, 0.6) is 11.5 Å². The first-order valence-electron chi connectivity index (χ1n) is 9.28. The smallest absolute Gasteiger partial charge is 0.269 e. The first-order valence-corrected chi connectivity index (χ1v) is 10.4.